The number of amides is 1. The van der Waals surface area contributed by atoms with Gasteiger partial charge in [-0.05, 0) is 0 Å². The van der Waals surface area contributed by atoms with Crippen molar-refractivity contribution < 1.29 is 25.8 Å². The van der Waals surface area contributed by atoms with E-state index in [1.54, 1.807) is 0 Å². The molecule has 0 aliphatic carbocycles. The van der Waals surface area contributed by atoms with Crippen LogP contribution < -0.4 is 5.32 Å². The van der Waals surface area contributed by atoms with Crippen LogP contribution in [0.1, 0.15) is 6.92 Å². The molecule has 0 heterocycles. The Bertz CT molecular complexity index is 533. The predicted molar refractivity (Wildman–Crippen MR) is 88.6 cm³/mol. The van der Waals surface area contributed by atoms with Crippen LogP contribution in [-0.4, -0.2) is 94.4 Å². The Morgan fingerprint density at radius 1 is 1.33 bits per heavy atom. The quantitative estimate of drug-likeness (QED) is 0.418. The molecule has 0 unspecified atom stereocenters. The predicted octanol–water partition coefficient (Wildman–Crippen LogP) is -1.35. The first-order chi connectivity index (χ1) is 9.75. The topological polar surface area (TPSA) is 114 Å². The zero-order valence-corrected chi connectivity index (χ0v) is 19.5. The van der Waals surface area contributed by atoms with E-state index in [-0.39, 0.29) is 11.7 Å². The van der Waals surface area contributed by atoms with Crippen molar-refractivity contribution in [2.24, 2.45) is 0 Å². The van der Waals surface area contributed by atoms with Gasteiger partial charge in [0.15, 0.2) is 9.84 Å². The van der Waals surface area contributed by atoms with Gasteiger partial charge in [-0.1, -0.05) is 6.58 Å². The van der Waals surface area contributed by atoms with Gasteiger partial charge in [0.25, 0.3) is 0 Å². The third-order valence-electron chi connectivity index (χ3n) is 1.44. The first-order valence-electron chi connectivity index (χ1n) is 5.82. The summed E-state index contributed by atoms with van der Waals surface area (Å²) in [5, 5.41) is 3.60. The Kier molecular flexibility index (Phi) is 25.1. The molecule has 0 atom stereocenters. The van der Waals surface area contributed by atoms with Crippen molar-refractivity contribution in [1.82, 2.24) is 5.32 Å². The second-order valence-electron chi connectivity index (χ2n) is 2.90. The summed E-state index contributed by atoms with van der Waals surface area (Å²) in [6, 6.07) is 0. The van der Waals surface area contributed by atoms with Crippen LogP contribution in [0.15, 0.2) is 12.0 Å². The Balaban J connectivity index is -0.000000389. The molecule has 0 saturated heterocycles. The number of sulfone groups is 1. The van der Waals surface area contributed by atoms with E-state index in [0.29, 0.717) is 12.3 Å². The van der Waals surface area contributed by atoms with Gasteiger partial charge in [0.2, 0.25) is 16.1 Å². The van der Waals surface area contributed by atoms with Gasteiger partial charge >= 0.3 is 52.9 Å². The van der Waals surface area contributed by atoms with E-state index in [0.717, 1.165) is 11.2 Å². The molecule has 7 nitrogen and oxygen atoms in total. The molecule has 0 saturated carbocycles. The summed E-state index contributed by atoms with van der Waals surface area (Å²) in [6.45, 7) is 5.25. The fourth-order valence-electron chi connectivity index (χ4n) is 0.660. The minimum atomic E-state index is -3.07. The molecule has 0 aliphatic rings. The molecule has 0 radical (unpaired) electrons. The van der Waals surface area contributed by atoms with E-state index in [9.17, 15) is 13.2 Å². The summed E-state index contributed by atoms with van der Waals surface area (Å²) < 4.78 is 48.8. The maximum absolute atomic E-state index is 10.9. The van der Waals surface area contributed by atoms with E-state index in [1.165, 1.54) is 62.3 Å². The van der Waals surface area contributed by atoms with Crippen molar-refractivity contribution in [1.29, 1.82) is 0 Å². The average Bonchev–Trinajstić information content (AvgIpc) is 2.45. The summed E-state index contributed by atoms with van der Waals surface area (Å²) in [4.78, 5) is 10.5. The SMILES string of the molecule is C=CS(=O)(=O)CCSCCNC(C)=O.O=S=S(=O)=O.[Na][Na]. The molecule has 0 aromatic carbocycles. The van der Waals surface area contributed by atoms with Crippen molar-refractivity contribution in [2.75, 3.05) is 23.8 Å². The first-order valence-corrected chi connectivity index (χ1v) is 19.0. The molecule has 0 aliphatic heterocycles. The van der Waals surface area contributed by atoms with Crippen LogP contribution >= 0.6 is 11.8 Å². The molecule has 21 heavy (non-hydrogen) atoms. The number of hydrogen-bond donors (Lipinski definition) is 1. The second kappa shape index (κ2) is 19.4. The van der Waals surface area contributed by atoms with E-state index >= 15 is 0 Å². The van der Waals surface area contributed by atoms with E-state index in [1.807, 2.05) is 0 Å². The third-order valence-corrected chi connectivity index (χ3v) is 4.41. The molecule has 0 spiro atoms. The van der Waals surface area contributed by atoms with Crippen LogP contribution in [0.25, 0.3) is 0 Å². The number of nitrogens with one attached hydrogen (secondary N) is 1. The van der Waals surface area contributed by atoms with Gasteiger partial charge < -0.3 is 5.32 Å². The zero-order valence-electron chi connectivity index (χ0n) is 12.2. The zero-order chi connectivity index (χ0) is 17.3. The monoisotopic (exact) mass is 395 g/mol. The maximum atomic E-state index is 10.9. The van der Waals surface area contributed by atoms with Crippen molar-refractivity contribution in [3.8, 4) is 0 Å². The van der Waals surface area contributed by atoms with Crippen LogP contribution in [0.5, 0.6) is 0 Å². The Labute approximate surface area is 162 Å². The van der Waals surface area contributed by atoms with Gasteiger partial charge in [0, 0.05) is 30.4 Å². The van der Waals surface area contributed by atoms with Crippen molar-refractivity contribution >= 4 is 90.6 Å². The molecule has 1 N–H and O–H groups in total. The van der Waals surface area contributed by atoms with Gasteiger partial charge in [-0.3, -0.25) is 4.79 Å². The van der Waals surface area contributed by atoms with Gasteiger partial charge in [-0.15, -0.1) is 0 Å². The van der Waals surface area contributed by atoms with Crippen LogP contribution in [0, 0.1) is 0 Å². The summed E-state index contributed by atoms with van der Waals surface area (Å²) in [7, 11) is -5.98. The standard InChI is InChI=1S/C8H15NO3S2.2Na.O3S2/c1-3-14(11,12)7-6-13-5-4-9-8(2)10;;;1-4-5(2)3/h3H,1,4-7H2,2H3,(H,9,10);;;. The molecule has 13 heteroatoms. The van der Waals surface area contributed by atoms with Gasteiger partial charge in [-0.2, -0.15) is 24.4 Å². The normalized spacial score (nSPS) is 9.19. The van der Waals surface area contributed by atoms with Crippen molar-refractivity contribution in [3.63, 3.8) is 0 Å². The number of thioether (sulfide) groups is 1. The number of carbonyl (C=O) groups is 1. The van der Waals surface area contributed by atoms with E-state index in [2.05, 4.69) is 11.9 Å². The fourth-order valence-corrected chi connectivity index (χ4v) is 2.68. The number of carbonyl (C=O) groups excluding carboxylic acids is 1. The Morgan fingerprint density at radius 3 is 2.14 bits per heavy atom. The Hall–Kier alpha value is 1.35. The fraction of sp³-hybridized carbons (Fsp3) is 0.625. The van der Waals surface area contributed by atoms with Gasteiger partial charge in [-0.25, -0.2) is 8.42 Å². The summed E-state index contributed by atoms with van der Waals surface area (Å²) in [5.74, 6) is 1.31. The molecule has 0 fully saturated rings. The number of rotatable bonds is 7. The summed E-state index contributed by atoms with van der Waals surface area (Å²) in [5.41, 5.74) is 0. The number of hydrogen-bond acceptors (Lipinski definition) is 7. The minimum absolute atomic E-state index is 0.0655. The van der Waals surface area contributed by atoms with Crippen molar-refractivity contribution in [3.05, 3.63) is 12.0 Å². The first kappa shape index (κ1) is 27.2. The third kappa shape index (κ3) is 29.9. The molecular formula is C8H15NNa2O6S4. The molecule has 114 valence electrons. The van der Waals surface area contributed by atoms with E-state index < -0.39 is 29.3 Å². The van der Waals surface area contributed by atoms with Crippen LogP contribution in [-0.2, 0) is 34.1 Å². The molecule has 0 rings (SSSR count). The average molecular weight is 395 g/mol. The second-order valence-corrected chi connectivity index (χ2v) is 7.96. The van der Waals surface area contributed by atoms with Crippen molar-refractivity contribution in [2.45, 2.75) is 6.92 Å². The Morgan fingerprint density at radius 2 is 1.81 bits per heavy atom. The molecule has 0 bridgehead atoms. The molecule has 0 aromatic rings. The molecule has 1 amide bonds. The summed E-state index contributed by atoms with van der Waals surface area (Å²) >= 11 is 4.38. The van der Waals surface area contributed by atoms with Gasteiger partial charge in [0.1, 0.15) is 0 Å². The van der Waals surface area contributed by atoms with Gasteiger partial charge in [0.05, 0.1) is 5.75 Å². The van der Waals surface area contributed by atoms with Crippen LogP contribution in [0.4, 0.5) is 0 Å². The molecular weight excluding hydrogens is 380 g/mol. The van der Waals surface area contributed by atoms with Crippen LogP contribution in [0.3, 0.4) is 0 Å². The van der Waals surface area contributed by atoms with E-state index in [4.69, 9.17) is 12.6 Å². The molecule has 0 aromatic heterocycles. The summed E-state index contributed by atoms with van der Waals surface area (Å²) in [6.07, 6.45) is 0. The van der Waals surface area contributed by atoms with Crippen LogP contribution in [0.2, 0.25) is 0 Å².